The number of ether oxygens (including phenoxy) is 1. The molecule has 0 bridgehead atoms. The van der Waals surface area contributed by atoms with Gasteiger partial charge in [-0.05, 0) is 104 Å². The van der Waals surface area contributed by atoms with Crippen molar-refractivity contribution >= 4 is 16.9 Å². The summed E-state index contributed by atoms with van der Waals surface area (Å²) in [5, 5.41) is 59.7. The topological polar surface area (TPSA) is 168 Å². The van der Waals surface area contributed by atoms with Gasteiger partial charge < -0.3 is 40.3 Å². The van der Waals surface area contributed by atoms with Crippen LogP contribution in [0.15, 0.2) is 18.2 Å². The predicted octanol–water partition coefficient (Wildman–Crippen LogP) is 3.50. The second-order valence-corrected chi connectivity index (χ2v) is 16.3. The van der Waals surface area contributed by atoms with Crippen molar-refractivity contribution in [3.05, 3.63) is 29.3 Å². The number of hydrogen-bond acceptors (Lipinski definition) is 9. The van der Waals surface area contributed by atoms with E-state index in [1.807, 2.05) is 6.07 Å². The van der Waals surface area contributed by atoms with Crippen LogP contribution in [0.25, 0.3) is 0 Å². The molecule has 0 spiro atoms. The number of amides is 1. The minimum Gasteiger partial charge on any atom is -0.410 e. The van der Waals surface area contributed by atoms with Gasteiger partial charge in [0.25, 0.3) is 0 Å². The maximum absolute atomic E-state index is 13.3. The zero-order valence-corrected chi connectivity index (χ0v) is 29.1. The van der Waals surface area contributed by atoms with Crippen molar-refractivity contribution in [2.75, 3.05) is 31.7 Å². The van der Waals surface area contributed by atoms with E-state index in [0.29, 0.717) is 25.7 Å². The van der Waals surface area contributed by atoms with E-state index < -0.39 is 85.5 Å². The molecule has 16 heteroatoms. The lowest BCUT2D eigenvalue weighted by Crippen LogP contribution is -2.50. The van der Waals surface area contributed by atoms with E-state index in [4.69, 9.17) is 9.84 Å². The Balaban J connectivity index is 1.43. The van der Waals surface area contributed by atoms with Crippen molar-refractivity contribution in [2.24, 2.45) is 23.2 Å². The maximum Gasteiger partial charge on any atom is 0.453 e. The minimum atomic E-state index is -5.64. The summed E-state index contributed by atoms with van der Waals surface area (Å²) in [6, 6.07) is 5.38. The number of halogens is 5. The van der Waals surface area contributed by atoms with Crippen LogP contribution in [0.3, 0.4) is 0 Å². The largest absolute Gasteiger partial charge is 0.453 e. The van der Waals surface area contributed by atoms with Crippen LogP contribution in [-0.2, 0) is 17.2 Å². The fourth-order valence-corrected chi connectivity index (χ4v) is 9.65. The summed E-state index contributed by atoms with van der Waals surface area (Å²) in [6.07, 6.45) is -10.9. The van der Waals surface area contributed by atoms with Crippen LogP contribution in [0.4, 0.5) is 26.7 Å². The quantitative estimate of drug-likeness (QED) is 0.148. The highest BCUT2D eigenvalue weighted by atomic mass is 32.2. The highest BCUT2D eigenvalue weighted by molar-refractivity contribution is 7.84. The molecule has 3 aliphatic rings. The molecule has 286 valence electrons. The molecule has 1 aromatic carbocycles. The van der Waals surface area contributed by atoms with Gasteiger partial charge in [0.1, 0.15) is 30.2 Å². The number of nitrogens with zero attached hydrogens (tertiary/aromatic N) is 1. The van der Waals surface area contributed by atoms with Gasteiger partial charge in [-0.2, -0.15) is 22.0 Å². The molecule has 10 nitrogen and oxygen atoms in total. The van der Waals surface area contributed by atoms with E-state index in [1.165, 1.54) is 7.05 Å². The molecule has 11 atom stereocenters. The van der Waals surface area contributed by atoms with Gasteiger partial charge in [0.05, 0.1) is 19.3 Å². The number of carbonyl (C=O) groups is 1. The van der Waals surface area contributed by atoms with Crippen LogP contribution >= 0.6 is 0 Å². The Kier molecular flexibility index (Phi) is 13.4. The highest BCUT2D eigenvalue weighted by Gasteiger charge is 2.57. The van der Waals surface area contributed by atoms with Crippen molar-refractivity contribution in [2.45, 2.75) is 113 Å². The summed E-state index contributed by atoms with van der Waals surface area (Å²) in [5.41, 5.74) is 1.83. The van der Waals surface area contributed by atoms with E-state index in [0.717, 1.165) is 35.3 Å². The molecule has 6 N–H and O–H groups in total. The summed E-state index contributed by atoms with van der Waals surface area (Å²) in [4.78, 5) is 13.9. The maximum atomic E-state index is 13.3. The molecule has 0 aliphatic heterocycles. The van der Waals surface area contributed by atoms with Crippen molar-refractivity contribution in [3.8, 4) is 5.75 Å². The van der Waals surface area contributed by atoms with Gasteiger partial charge in [-0.3, -0.25) is 4.21 Å². The SMILES string of the molecule is CN(C[C@H](O)[C@@H](O)[C@H](O)[C@H](O)CO)C(=O)Oc1ccc2c(c1)C[C@@H](CCCS(=O)CCCC(F)(F)C(F)(F)F)[C@@H]1[C@@H]2CC[C@]2(C)[C@@H](O)CC[C@@H]12. The van der Waals surface area contributed by atoms with Gasteiger partial charge in [-0.15, -0.1) is 0 Å². The smallest absolute Gasteiger partial charge is 0.410 e. The first-order valence-corrected chi connectivity index (χ1v) is 18.7. The Hall–Kier alpha value is -1.95. The third-order valence-electron chi connectivity index (χ3n) is 11.4. The second kappa shape index (κ2) is 16.4. The Morgan fingerprint density at radius 2 is 1.70 bits per heavy atom. The molecule has 50 heavy (non-hydrogen) atoms. The van der Waals surface area contributed by atoms with Gasteiger partial charge in [0, 0.05) is 35.8 Å². The Morgan fingerprint density at radius 3 is 2.36 bits per heavy atom. The van der Waals surface area contributed by atoms with Crippen LogP contribution < -0.4 is 4.74 Å². The molecule has 0 saturated heterocycles. The summed E-state index contributed by atoms with van der Waals surface area (Å²) in [5.74, 6) is -3.95. The van der Waals surface area contributed by atoms with Crippen LogP contribution in [0.5, 0.6) is 5.75 Å². The van der Waals surface area contributed by atoms with Crippen molar-refractivity contribution < 1.29 is 66.3 Å². The molecule has 2 saturated carbocycles. The number of benzene rings is 1. The first-order chi connectivity index (χ1) is 23.3. The summed E-state index contributed by atoms with van der Waals surface area (Å²) >= 11 is 0. The molecular formula is C34H50F5NO9S. The Labute approximate surface area is 291 Å². The van der Waals surface area contributed by atoms with Gasteiger partial charge in [-0.25, -0.2) is 4.79 Å². The van der Waals surface area contributed by atoms with Crippen LogP contribution in [0.2, 0.25) is 0 Å². The van der Waals surface area contributed by atoms with Gasteiger partial charge >= 0.3 is 18.2 Å². The number of hydrogen-bond donors (Lipinski definition) is 6. The number of fused-ring (bicyclic) bond motifs is 5. The summed E-state index contributed by atoms with van der Waals surface area (Å²) in [6.45, 7) is 0.835. The van der Waals surface area contributed by atoms with Gasteiger partial charge in [-0.1, -0.05) is 13.0 Å². The molecule has 0 aromatic heterocycles. The predicted molar refractivity (Wildman–Crippen MR) is 173 cm³/mol. The zero-order valence-electron chi connectivity index (χ0n) is 28.3. The lowest BCUT2D eigenvalue weighted by molar-refractivity contribution is -0.284. The number of aliphatic hydroxyl groups is 6. The standard InChI is InChI=1S/C34H50F5NO9S/c1-32-12-10-23-22-7-6-21(49-31(47)40(2)17-25(42)29(45)30(46)26(43)18-41)16-20(22)15-19(28(23)24(32)8-9-27(32)44)5-3-13-50(48)14-4-11-33(35,36)34(37,38)39/h6-7,16,19,23-30,41-46H,3-5,8-15,17-18H2,1-2H3/t19-,23-,24+,25+,26-,27+,28-,29-,30-,32+,50?/m1/s1. The molecule has 1 unspecified atom stereocenters. The van der Waals surface area contributed by atoms with Crippen LogP contribution in [-0.4, -0.2) is 120 Å². The van der Waals surface area contributed by atoms with Crippen LogP contribution in [0.1, 0.15) is 75.3 Å². The lowest BCUT2D eigenvalue weighted by atomic mass is 9.52. The molecule has 2 fully saturated rings. The second-order valence-electron chi connectivity index (χ2n) is 14.6. The molecular weight excluding hydrogens is 693 g/mol. The Morgan fingerprint density at radius 1 is 1.04 bits per heavy atom. The van der Waals surface area contributed by atoms with Crippen LogP contribution in [0, 0.1) is 23.2 Å². The first kappa shape index (κ1) is 40.8. The zero-order chi connectivity index (χ0) is 37.2. The molecule has 0 heterocycles. The molecule has 4 rings (SSSR count). The van der Waals surface area contributed by atoms with Crippen molar-refractivity contribution in [1.82, 2.24) is 4.90 Å². The molecule has 1 amide bonds. The average molecular weight is 744 g/mol. The van der Waals surface area contributed by atoms with Crippen molar-refractivity contribution in [3.63, 3.8) is 0 Å². The van der Waals surface area contributed by atoms with E-state index in [-0.39, 0.29) is 46.3 Å². The molecule has 0 radical (unpaired) electrons. The summed E-state index contributed by atoms with van der Waals surface area (Å²) < 4.78 is 82.2. The number of rotatable bonds is 15. The van der Waals surface area contributed by atoms with Gasteiger partial charge in [0.2, 0.25) is 0 Å². The third kappa shape index (κ3) is 8.97. The average Bonchev–Trinajstić information content (AvgIpc) is 3.36. The fraction of sp³-hybridized carbons (Fsp3) is 0.794. The molecule has 1 aromatic rings. The summed E-state index contributed by atoms with van der Waals surface area (Å²) in [7, 11) is -0.249. The van der Waals surface area contributed by atoms with Crippen molar-refractivity contribution in [1.29, 1.82) is 0 Å². The van der Waals surface area contributed by atoms with E-state index in [1.54, 1.807) is 12.1 Å². The van der Waals surface area contributed by atoms with E-state index >= 15 is 0 Å². The Bertz CT molecular complexity index is 1340. The fourth-order valence-electron chi connectivity index (χ4n) is 8.50. The monoisotopic (exact) mass is 743 g/mol. The number of aliphatic hydroxyl groups excluding tert-OH is 6. The first-order valence-electron chi connectivity index (χ1n) is 17.2. The lowest BCUT2D eigenvalue weighted by Gasteiger charge is -2.53. The van der Waals surface area contributed by atoms with E-state index in [9.17, 15) is 56.5 Å². The third-order valence-corrected chi connectivity index (χ3v) is 12.8. The number of alkyl halides is 5. The van der Waals surface area contributed by atoms with Gasteiger partial charge in [0.15, 0.2) is 0 Å². The molecule has 3 aliphatic carbocycles. The number of carbonyl (C=O) groups excluding carboxylic acids is 1. The number of likely N-dealkylation sites (N-methyl/N-ethyl adjacent to an activating group) is 1. The minimum absolute atomic E-state index is 0.0972. The highest BCUT2D eigenvalue weighted by Crippen LogP contribution is 2.62. The normalized spacial score (nSPS) is 29.6. The van der Waals surface area contributed by atoms with E-state index in [2.05, 4.69) is 6.92 Å².